The molecule has 2 aromatic heterocycles. The molecule has 0 aliphatic carbocycles. The zero-order valence-electron chi connectivity index (χ0n) is 10.3. The van der Waals surface area contributed by atoms with Crippen LogP contribution in [0.3, 0.4) is 0 Å². The minimum absolute atomic E-state index is 0.184. The van der Waals surface area contributed by atoms with E-state index in [1.807, 2.05) is 0 Å². The summed E-state index contributed by atoms with van der Waals surface area (Å²) in [7, 11) is 1.30. The van der Waals surface area contributed by atoms with Crippen LogP contribution >= 0.6 is 11.3 Å². The molecule has 2 rings (SSSR count). The summed E-state index contributed by atoms with van der Waals surface area (Å²) >= 11 is 1.22. The van der Waals surface area contributed by atoms with Gasteiger partial charge in [0.1, 0.15) is 10.6 Å². The molecule has 2 heterocycles. The lowest BCUT2D eigenvalue weighted by atomic mass is 10.2. The molecule has 0 atom stereocenters. The normalized spacial score (nSPS) is 10.0. The van der Waals surface area contributed by atoms with E-state index >= 15 is 0 Å². The Balaban J connectivity index is 2.27. The molecule has 19 heavy (non-hydrogen) atoms. The molecule has 0 aliphatic rings. The van der Waals surface area contributed by atoms with Gasteiger partial charge < -0.3 is 10.1 Å². The summed E-state index contributed by atoms with van der Waals surface area (Å²) in [6.07, 6.45) is 4.26. The number of hydrogen-bond acceptors (Lipinski definition) is 6. The molecule has 0 saturated heterocycles. The second-order valence-electron chi connectivity index (χ2n) is 3.66. The predicted octanol–water partition coefficient (Wildman–Crippen LogP) is 1.89. The number of esters is 1. The highest BCUT2D eigenvalue weighted by Crippen LogP contribution is 2.28. The number of carbonyl (C=O) groups is 2. The number of carbonyl (C=O) groups excluding carboxylic acids is 2. The number of ether oxygens (including phenoxy) is 1. The Morgan fingerprint density at radius 2 is 2.16 bits per heavy atom. The standard InChI is InChI=1S/C12H11N3O3S/c1-7-6-19-10(12(17)18-2)9(7)15-11(16)8-5-13-3-4-14-8/h3-6H,1-2H3,(H,15,16). The fraction of sp³-hybridized carbons (Fsp3) is 0.167. The van der Waals surface area contributed by atoms with Crippen molar-refractivity contribution < 1.29 is 14.3 Å². The Kier molecular flexibility index (Phi) is 3.86. The maximum absolute atomic E-state index is 12.0. The van der Waals surface area contributed by atoms with Gasteiger partial charge in [-0.3, -0.25) is 9.78 Å². The minimum atomic E-state index is -0.479. The molecule has 0 bridgehead atoms. The number of aromatic nitrogens is 2. The van der Waals surface area contributed by atoms with E-state index in [1.54, 1.807) is 12.3 Å². The van der Waals surface area contributed by atoms with Crippen molar-refractivity contribution in [1.29, 1.82) is 0 Å². The molecule has 7 heteroatoms. The lowest BCUT2D eigenvalue weighted by molar-refractivity contribution is 0.0607. The number of nitrogens with one attached hydrogen (secondary N) is 1. The largest absolute Gasteiger partial charge is 0.465 e. The van der Waals surface area contributed by atoms with Crippen LogP contribution in [0.25, 0.3) is 0 Å². The third kappa shape index (κ3) is 2.76. The van der Waals surface area contributed by atoms with Gasteiger partial charge in [-0.2, -0.15) is 0 Å². The second kappa shape index (κ2) is 5.57. The number of hydrogen-bond donors (Lipinski definition) is 1. The van der Waals surface area contributed by atoms with Crippen molar-refractivity contribution in [2.24, 2.45) is 0 Å². The first-order chi connectivity index (χ1) is 9.13. The quantitative estimate of drug-likeness (QED) is 0.866. The number of thiophene rings is 1. The third-order valence-electron chi connectivity index (χ3n) is 2.38. The molecule has 98 valence electrons. The summed E-state index contributed by atoms with van der Waals surface area (Å²) in [6, 6.07) is 0. The third-order valence-corrected chi connectivity index (χ3v) is 3.46. The number of methoxy groups -OCH3 is 1. The van der Waals surface area contributed by atoms with Gasteiger partial charge in [0.05, 0.1) is 19.0 Å². The van der Waals surface area contributed by atoms with E-state index < -0.39 is 11.9 Å². The molecule has 0 saturated carbocycles. The summed E-state index contributed by atoms with van der Waals surface area (Å²) < 4.78 is 4.67. The first-order valence-electron chi connectivity index (χ1n) is 5.37. The van der Waals surface area contributed by atoms with Crippen molar-refractivity contribution >= 4 is 28.9 Å². The van der Waals surface area contributed by atoms with Gasteiger partial charge in [0.15, 0.2) is 0 Å². The molecule has 2 aromatic rings. The van der Waals surface area contributed by atoms with Crippen molar-refractivity contribution in [2.45, 2.75) is 6.92 Å². The van der Waals surface area contributed by atoms with Crippen LogP contribution in [-0.4, -0.2) is 29.0 Å². The highest BCUT2D eigenvalue weighted by Gasteiger charge is 2.19. The average molecular weight is 277 g/mol. The number of anilines is 1. The lowest BCUT2D eigenvalue weighted by Gasteiger charge is -2.06. The topological polar surface area (TPSA) is 81.2 Å². The summed E-state index contributed by atoms with van der Waals surface area (Å²) in [5.41, 5.74) is 1.43. The van der Waals surface area contributed by atoms with Crippen LogP contribution in [0.2, 0.25) is 0 Å². The van der Waals surface area contributed by atoms with E-state index in [0.29, 0.717) is 10.6 Å². The zero-order chi connectivity index (χ0) is 13.8. The highest BCUT2D eigenvalue weighted by atomic mass is 32.1. The van der Waals surface area contributed by atoms with Crippen LogP contribution in [0.4, 0.5) is 5.69 Å². The number of amides is 1. The molecule has 0 radical (unpaired) electrons. The van der Waals surface area contributed by atoms with E-state index in [2.05, 4.69) is 20.0 Å². The fourth-order valence-electron chi connectivity index (χ4n) is 1.44. The van der Waals surface area contributed by atoms with E-state index in [0.717, 1.165) is 5.56 Å². The monoisotopic (exact) mass is 277 g/mol. The molecule has 1 N–H and O–H groups in total. The van der Waals surface area contributed by atoms with Gasteiger partial charge in [0.25, 0.3) is 5.91 Å². The Labute approximate surface area is 113 Å². The summed E-state index contributed by atoms with van der Waals surface area (Å²) in [4.78, 5) is 31.6. The van der Waals surface area contributed by atoms with Gasteiger partial charge in [-0.05, 0) is 17.9 Å². The van der Waals surface area contributed by atoms with Crippen LogP contribution in [0.15, 0.2) is 24.0 Å². The van der Waals surface area contributed by atoms with Gasteiger partial charge in [0.2, 0.25) is 0 Å². The van der Waals surface area contributed by atoms with Crippen LogP contribution in [-0.2, 0) is 4.74 Å². The highest BCUT2D eigenvalue weighted by molar-refractivity contribution is 7.12. The molecule has 0 aromatic carbocycles. The van der Waals surface area contributed by atoms with Crippen molar-refractivity contribution in [3.63, 3.8) is 0 Å². The van der Waals surface area contributed by atoms with Gasteiger partial charge in [-0.25, -0.2) is 9.78 Å². The summed E-state index contributed by atoms with van der Waals surface area (Å²) in [5, 5.41) is 4.43. The fourth-order valence-corrected chi connectivity index (χ4v) is 2.36. The maximum atomic E-state index is 12.0. The molecule has 0 aliphatic heterocycles. The van der Waals surface area contributed by atoms with Crippen molar-refractivity contribution in [2.75, 3.05) is 12.4 Å². The van der Waals surface area contributed by atoms with Crippen LogP contribution < -0.4 is 5.32 Å². The molecule has 0 fully saturated rings. The van der Waals surface area contributed by atoms with Gasteiger partial charge >= 0.3 is 5.97 Å². The Morgan fingerprint density at radius 1 is 1.37 bits per heavy atom. The van der Waals surface area contributed by atoms with Gasteiger partial charge in [-0.1, -0.05) is 0 Å². The number of rotatable bonds is 3. The molecular formula is C12H11N3O3S. The molecule has 0 spiro atoms. The predicted molar refractivity (Wildman–Crippen MR) is 70.4 cm³/mol. The van der Waals surface area contributed by atoms with Crippen molar-refractivity contribution in [1.82, 2.24) is 9.97 Å². The molecule has 6 nitrogen and oxygen atoms in total. The van der Waals surface area contributed by atoms with Crippen molar-refractivity contribution in [3.8, 4) is 0 Å². The van der Waals surface area contributed by atoms with Crippen molar-refractivity contribution in [3.05, 3.63) is 40.1 Å². The van der Waals surface area contributed by atoms with Crippen LogP contribution in [0, 0.1) is 6.92 Å². The molecular weight excluding hydrogens is 266 g/mol. The van der Waals surface area contributed by atoms with E-state index in [1.165, 1.54) is 37.0 Å². The summed E-state index contributed by atoms with van der Waals surface area (Å²) in [6.45, 7) is 1.80. The van der Waals surface area contributed by atoms with E-state index in [4.69, 9.17) is 0 Å². The number of aryl methyl sites for hydroxylation is 1. The SMILES string of the molecule is COC(=O)c1scc(C)c1NC(=O)c1cnccn1. The minimum Gasteiger partial charge on any atom is -0.465 e. The summed E-state index contributed by atoms with van der Waals surface area (Å²) in [5.74, 6) is -0.896. The molecule has 0 unspecified atom stereocenters. The Hall–Kier alpha value is -2.28. The maximum Gasteiger partial charge on any atom is 0.350 e. The van der Waals surface area contributed by atoms with E-state index in [9.17, 15) is 9.59 Å². The smallest absolute Gasteiger partial charge is 0.350 e. The van der Waals surface area contributed by atoms with Gasteiger partial charge in [0, 0.05) is 12.4 Å². The Morgan fingerprint density at radius 3 is 2.79 bits per heavy atom. The average Bonchev–Trinajstić information content (AvgIpc) is 2.80. The lowest BCUT2D eigenvalue weighted by Crippen LogP contribution is -2.16. The van der Waals surface area contributed by atoms with Crippen LogP contribution in [0.1, 0.15) is 25.7 Å². The zero-order valence-corrected chi connectivity index (χ0v) is 11.2. The van der Waals surface area contributed by atoms with Gasteiger partial charge in [-0.15, -0.1) is 11.3 Å². The van der Waals surface area contributed by atoms with E-state index in [-0.39, 0.29) is 5.69 Å². The second-order valence-corrected chi connectivity index (χ2v) is 4.54. The first kappa shape index (κ1) is 13.2. The van der Waals surface area contributed by atoms with Crippen LogP contribution in [0.5, 0.6) is 0 Å². The molecule has 1 amide bonds. The number of nitrogens with zero attached hydrogens (tertiary/aromatic N) is 2. The first-order valence-corrected chi connectivity index (χ1v) is 6.25. The Bertz CT molecular complexity index is 610.